The van der Waals surface area contributed by atoms with Crippen LogP contribution in [0.1, 0.15) is 57.1 Å². The van der Waals surface area contributed by atoms with Gasteiger partial charge in [0.1, 0.15) is 0 Å². The molecule has 1 saturated heterocycles. The van der Waals surface area contributed by atoms with Crippen molar-refractivity contribution in [1.82, 2.24) is 10.2 Å². The van der Waals surface area contributed by atoms with Crippen LogP contribution >= 0.6 is 15.9 Å². The Labute approximate surface area is 138 Å². The monoisotopic (exact) mass is 352 g/mol. The van der Waals surface area contributed by atoms with Crippen LogP contribution in [0.25, 0.3) is 0 Å². The fourth-order valence-electron chi connectivity index (χ4n) is 3.03. The Morgan fingerprint density at radius 2 is 2.14 bits per heavy atom. The highest BCUT2D eigenvalue weighted by Crippen LogP contribution is 2.24. The Morgan fingerprint density at radius 1 is 1.29 bits per heavy atom. The first-order valence-electron chi connectivity index (χ1n) is 8.42. The van der Waals surface area contributed by atoms with E-state index in [-0.39, 0.29) is 0 Å². The van der Waals surface area contributed by atoms with Crippen LogP contribution in [-0.2, 0) is 13.1 Å². The van der Waals surface area contributed by atoms with Crippen LogP contribution in [-0.4, -0.2) is 24.0 Å². The molecule has 1 aliphatic rings. The van der Waals surface area contributed by atoms with E-state index < -0.39 is 0 Å². The topological polar surface area (TPSA) is 15.3 Å². The number of hydrogen-bond donors (Lipinski definition) is 1. The van der Waals surface area contributed by atoms with Crippen LogP contribution in [0.3, 0.4) is 0 Å². The Hall–Kier alpha value is -0.380. The van der Waals surface area contributed by atoms with E-state index in [0.29, 0.717) is 6.04 Å². The van der Waals surface area contributed by atoms with E-state index in [0.717, 1.165) is 19.6 Å². The first kappa shape index (κ1) is 17.0. The van der Waals surface area contributed by atoms with Gasteiger partial charge in [-0.15, -0.1) is 0 Å². The molecule has 3 heteroatoms. The lowest BCUT2D eigenvalue weighted by atomic mass is 10.1. The molecule has 1 aromatic carbocycles. The van der Waals surface area contributed by atoms with Gasteiger partial charge in [-0.25, -0.2) is 0 Å². The number of nitrogens with one attached hydrogen (secondary N) is 1. The number of benzene rings is 1. The summed E-state index contributed by atoms with van der Waals surface area (Å²) >= 11 is 3.77. The fourth-order valence-corrected chi connectivity index (χ4v) is 3.58. The van der Waals surface area contributed by atoms with Crippen LogP contribution in [0.2, 0.25) is 0 Å². The first-order valence-corrected chi connectivity index (χ1v) is 9.22. The van der Waals surface area contributed by atoms with Crippen molar-refractivity contribution in [2.75, 3.05) is 13.1 Å². The van der Waals surface area contributed by atoms with Crippen molar-refractivity contribution in [3.05, 3.63) is 33.8 Å². The molecular formula is C18H29BrN2. The van der Waals surface area contributed by atoms with Crippen molar-refractivity contribution < 1.29 is 0 Å². The van der Waals surface area contributed by atoms with Crippen LogP contribution in [0.4, 0.5) is 0 Å². The molecule has 0 bridgehead atoms. The van der Waals surface area contributed by atoms with Gasteiger partial charge in [-0.1, -0.05) is 47.8 Å². The summed E-state index contributed by atoms with van der Waals surface area (Å²) in [5.41, 5.74) is 2.78. The third-order valence-electron chi connectivity index (χ3n) is 4.44. The van der Waals surface area contributed by atoms with Gasteiger partial charge in [0.05, 0.1) is 0 Å². The Morgan fingerprint density at radius 3 is 2.90 bits per heavy atom. The molecule has 1 unspecified atom stereocenters. The lowest BCUT2D eigenvalue weighted by Gasteiger charge is -2.27. The van der Waals surface area contributed by atoms with Crippen LogP contribution in [0.5, 0.6) is 0 Å². The molecule has 0 amide bonds. The molecule has 1 N–H and O–H groups in total. The predicted octanol–water partition coefficient (Wildman–Crippen LogP) is 4.71. The van der Waals surface area contributed by atoms with Gasteiger partial charge >= 0.3 is 0 Å². The second kappa shape index (κ2) is 8.92. The molecule has 0 aliphatic carbocycles. The van der Waals surface area contributed by atoms with Crippen molar-refractivity contribution in [1.29, 1.82) is 0 Å². The van der Waals surface area contributed by atoms with Crippen molar-refractivity contribution in [3.8, 4) is 0 Å². The van der Waals surface area contributed by atoms with Crippen molar-refractivity contribution in [2.45, 2.75) is 65.1 Å². The minimum Gasteiger partial charge on any atom is -0.313 e. The van der Waals surface area contributed by atoms with E-state index in [9.17, 15) is 0 Å². The van der Waals surface area contributed by atoms with E-state index in [1.807, 2.05) is 0 Å². The normalized spacial score (nSPS) is 20.4. The van der Waals surface area contributed by atoms with E-state index in [2.05, 4.69) is 58.2 Å². The lowest BCUT2D eigenvalue weighted by molar-refractivity contribution is 0.204. The van der Waals surface area contributed by atoms with Gasteiger partial charge < -0.3 is 5.32 Å². The molecule has 21 heavy (non-hydrogen) atoms. The quantitative estimate of drug-likeness (QED) is 0.745. The van der Waals surface area contributed by atoms with Crippen LogP contribution < -0.4 is 5.32 Å². The van der Waals surface area contributed by atoms with Crippen molar-refractivity contribution in [3.63, 3.8) is 0 Å². The Kier molecular flexibility index (Phi) is 7.21. The van der Waals surface area contributed by atoms with Crippen LogP contribution in [0.15, 0.2) is 22.7 Å². The van der Waals surface area contributed by atoms with Crippen LogP contribution in [0, 0.1) is 0 Å². The first-order chi connectivity index (χ1) is 10.2. The highest BCUT2D eigenvalue weighted by Gasteiger charge is 2.17. The molecule has 0 radical (unpaired) electrons. The van der Waals surface area contributed by atoms with Crippen molar-refractivity contribution >= 4 is 15.9 Å². The van der Waals surface area contributed by atoms with Gasteiger partial charge in [0.25, 0.3) is 0 Å². The van der Waals surface area contributed by atoms with E-state index >= 15 is 0 Å². The predicted molar refractivity (Wildman–Crippen MR) is 94.5 cm³/mol. The summed E-state index contributed by atoms with van der Waals surface area (Å²) in [6.45, 7) is 8.95. The molecule has 1 fully saturated rings. The van der Waals surface area contributed by atoms with E-state index in [4.69, 9.17) is 0 Å². The maximum absolute atomic E-state index is 3.77. The SMILES string of the molecule is CCCNCc1ccc(CN2CCCCCC2C)c(Br)c1. The zero-order chi connectivity index (χ0) is 15.1. The van der Waals surface area contributed by atoms with E-state index in [1.54, 1.807) is 0 Å². The number of halogens is 1. The van der Waals surface area contributed by atoms with Gasteiger partial charge in [0, 0.05) is 23.6 Å². The molecule has 0 saturated carbocycles. The summed E-state index contributed by atoms with van der Waals surface area (Å²) < 4.78 is 1.26. The van der Waals surface area contributed by atoms with Gasteiger partial charge in [0.2, 0.25) is 0 Å². The maximum atomic E-state index is 3.77. The smallest absolute Gasteiger partial charge is 0.0247 e. The summed E-state index contributed by atoms with van der Waals surface area (Å²) in [6.07, 6.45) is 6.66. The Balaban J connectivity index is 1.96. The highest BCUT2D eigenvalue weighted by atomic mass is 79.9. The van der Waals surface area contributed by atoms with Gasteiger partial charge in [-0.2, -0.15) is 0 Å². The highest BCUT2D eigenvalue weighted by molar-refractivity contribution is 9.10. The molecule has 0 spiro atoms. The minimum atomic E-state index is 0.713. The zero-order valence-corrected chi connectivity index (χ0v) is 15.1. The molecule has 0 aromatic heterocycles. The zero-order valence-electron chi connectivity index (χ0n) is 13.5. The number of nitrogens with zero attached hydrogens (tertiary/aromatic N) is 1. The van der Waals surface area contributed by atoms with Crippen molar-refractivity contribution in [2.24, 2.45) is 0 Å². The average molecular weight is 353 g/mol. The summed E-state index contributed by atoms with van der Waals surface area (Å²) in [7, 11) is 0. The average Bonchev–Trinajstić information content (AvgIpc) is 2.67. The second-order valence-corrected chi connectivity index (χ2v) is 7.13. The third-order valence-corrected chi connectivity index (χ3v) is 5.18. The standard InChI is InChI=1S/C18H29BrN2/c1-3-10-20-13-16-8-9-17(18(19)12-16)14-21-11-6-4-5-7-15(21)2/h8-9,12,15,20H,3-7,10-11,13-14H2,1-2H3. The molecular weight excluding hydrogens is 324 g/mol. The molecule has 1 atom stereocenters. The molecule has 1 heterocycles. The summed E-state index contributed by atoms with van der Waals surface area (Å²) in [5.74, 6) is 0. The van der Waals surface area contributed by atoms with Gasteiger partial charge in [-0.3, -0.25) is 4.90 Å². The lowest BCUT2D eigenvalue weighted by Crippen LogP contribution is -2.32. The molecule has 2 nitrogen and oxygen atoms in total. The maximum Gasteiger partial charge on any atom is 0.0247 e. The molecule has 2 rings (SSSR count). The summed E-state index contributed by atoms with van der Waals surface area (Å²) in [5, 5.41) is 3.46. The largest absolute Gasteiger partial charge is 0.313 e. The van der Waals surface area contributed by atoms with E-state index in [1.165, 1.54) is 54.2 Å². The molecule has 118 valence electrons. The second-order valence-electron chi connectivity index (χ2n) is 6.27. The third kappa shape index (κ3) is 5.39. The number of rotatable bonds is 6. The molecule has 1 aliphatic heterocycles. The molecule has 1 aromatic rings. The summed E-state index contributed by atoms with van der Waals surface area (Å²) in [6, 6.07) is 7.56. The number of likely N-dealkylation sites (tertiary alicyclic amines) is 1. The van der Waals surface area contributed by atoms with Gasteiger partial charge in [-0.05, 0) is 56.5 Å². The minimum absolute atomic E-state index is 0.713. The fraction of sp³-hybridized carbons (Fsp3) is 0.667. The summed E-state index contributed by atoms with van der Waals surface area (Å²) in [4.78, 5) is 2.64. The number of hydrogen-bond acceptors (Lipinski definition) is 2. The van der Waals surface area contributed by atoms with Gasteiger partial charge in [0.15, 0.2) is 0 Å². The Bertz CT molecular complexity index is 433.